The Hall–Kier alpha value is -0.160. The molecule has 0 aromatic rings. The third-order valence-corrected chi connectivity index (χ3v) is 1.58. The van der Waals surface area contributed by atoms with Gasteiger partial charge in [0.1, 0.15) is 0 Å². The van der Waals surface area contributed by atoms with Crippen LogP contribution in [-0.4, -0.2) is 51.7 Å². The Morgan fingerprint density at radius 3 is 2.67 bits per heavy atom. The summed E-state index contributed by atoms with van der Waals surface area (Å²) >= 11 is 0. The topological polar surface area (TPSA) is 50.7 Å². The number of rotatable bonds is 8. The molecule has 0 saturated carbocycles. The van der Waals surface area contributed by atoms with E-state index in [0.717, 1.165) is 13.0 Å². The number of aliphatic hydroxyl groups excluding tert-OH is 1. The Morgan fingerprint density at radius 2 is 2.17 bits per heavy atom. The van der Waals surface area contributed by atoms with Gasteiger partial charge in [0.15, 0.2) is 0 Å². The van der Waals surface area contributed by atoms with Gasteiger partial charge in [0.25, 0.3) is 0 Å². The summed E-state index contributed by atoms with van der Waals surface area (Å²) in [5, 5.41) is 11.7. The van der Waals surface area contributed by atoms with Crippen LogP contribution in [-0.2, 0) is 9.47 Å². The van der Waals surface area contributed by atoms with E-state index in [0.29, 0.717) is 13.2 Å². The molecule has 0 aliphatic carbocycles. The number of methoxy groups -OCH3 is 1. The van der Waals surface area contributed by atoms with Gasteiger partial charge in [0.2, 0.25) is 0 Å². The molecule has 0 radical (unpaired) electrons. The zero-order chi connectivity index (χ0) is 9.23. The molecule has 1 unspecified atom stereocenters. The van der Waals surface area contributed by atoms with Crippen LogP contribution in [0.1, 0.15) is 6.42 Å². The standard InChI is InChI=1S/C8H19NO3/c1-9-8(6-10)7-12-5-3-4-11-2/h8-10H,3-7H2,1-2H3. The predicted molar refractivity (Wildman–Crippen MR) is 47.2 cm³/mol. The van der Waals surface area contributed by atoms with Crippen molar-refractivity contribution < 1.29 is 14.6 Å². The van der Waals surface area contributed by atoms with Crippen molar-refractivity contribution in [2.45, 2.75) is 12.5 Å². The highest BCUT2D eigenvalue weighted by Crippen LogP contribution is 1.87. The lowest BCUT2D eigenvalue weighted by Gasteiger charge is -2.12. The van der Waals surface area contributed by atoms with E-state index in [-0.39, 0.29) is 12.6 Å². The molecule has 0 aromatic heterocycles. The van der Waals surface area contributed by atoms with Crippen molar-refractivity contribution in [2.24, 2.45) is 0 Å². The highest BCUT2D eigenvalue weighted by Gasteiger charge is 2.02. The smallest absolute Gasteiger partial charge is 0.0642 e. The fourth-order valence-corrected chi connectivity index (χ4v) is 0.758. The van der Waals surface area contributed by atoms with Crippen LogP contribution in [0.3, 0.4) is 0 Å². The SMILES string of the molecule is CNC(CO)COCCCOC. The van der Waals surface area contributed by atoms with Gasteiger partial charge in [0.05, 0.1) is 19.3 Å². The minimum atomic E-state index is 0.0487. The Balaban J connectivity index is 3.06. The van der Waals surface area contributed by atoms with Gasteiger partial charge in [-0.25, -0.2) is 0 Å². The number of ether oxygens (including phenoxy) is 2. The normalized spacial score (nSPS) is 13.2. The molecule has 0 saturated heterocycles. The van der Waals surface area contributed by atoms with Gasteiger partial charge in [-0.15, -0.1) is 0 Å². The Labute approximate surface area is 73.9 Å². The molecule has 2 N–H and O–H groups in total. The lowest BCUT2D eigenvalue weighted by atomic mass is 10.3. The zero-order valence-electron chi connectivity index (χ0n) is 7.88. The number of likely N-dealkylation sites (N-methyl/N-ethyl adjacent to an activating group) is 1. The van der Waals surface area contributed by atoms with Crippen LogP contribution in [0.25, 0.3) is 0 Å². The summed E-state index contributed by atoms with van der Waals surface area (Å²) in [6, 6.07) is 0.0487. The maximum Gasteiger partial charge on any atom is 0.0642 e. The fourth-order valence-electron chi connectivity index (χ4n) is 0.758. The van der Waals surface area contributed by atoms with Gasteiger partial charge in [-0.1, -0.05) is 0 Å². The molecule has 1 atom stereocenters. The predicted octanol–water partition coefficient (Wildman–Crippen LogP) is -0.380. The Kier molecular flexibility index (Phi) is 8.81. The Bertz CT molecular complexity index is 86.4. The molecule has 0 aliphatic heterocycles. The molecule has 74 valence electrons. The second-order valence-corrected chi connectivity index (χ2v) is 2.59. The fraction of sp³-hybridized carbons (Fsp3) is 1.00. The number of aliphatic hydroxyl groups is 1. The molecule has 0 amide bonds. The van der Waals surface area contributed by atoms with E-state index in [2.05, 4.69) is 5.32 Å². The van der Waals surface area contributed by atoms with Crippen LogP contribution in [0.2, 0.25) is 0 Å². The summed E-state index contributed by atoms with van der Waals surface area (Å²) in [6.07, 6.45) is 0.901. The largest absolute Gasteiger partial charge is 0.395 e. The Morgan fingerprint density at radius 1 is 1.42 bits per heavy atom. The maximum atomic E-state index is 8.76. The first-order valence-corrected chi connectivity index (χ1v) is 4.20. The molecular formula is C8H19NO3. The number of nitrogens with one attached hydrogen (secondary N) is 1. The van der Waals surface area contributed by atoms with Crippen molar-refractivity contribution in [3.63, 3.8) is 0 Å². The molecule has 0 rings (SSSR count). The highest BCUT2D eigenvalue weighted by atomic mass is 16.5. The average Bonchev–Trinajstić information content (AvgIpc) is 2.11. The van der Waals surface area contributed by atoms with E-state index >= 15 is 0 Å². The van der Waals surface area contributed by atoms with Gasteiger partial charge in [-0.05, 0) is 13.5 Å². The second-order valence-electron chi connectivity index (χ2n) is 2.59. The van der Waals surface area contributed by atoms with Gasteiger partial charge >= 0.3 is 0 Å². The third-order valence-electron chi connectivity index (χ3n) is 1.58. The van der Waals surface area contributed by atoms with E-state index in [9.17, 15) is 0 Å². The summed E-state index contributed by atoms with van der Waals surface area (Å²) < 4.78 is 10.1. The molecule has 4 heteroatoms. The van der Waals surface area contributed by atoms with E-state index in [4.69, 9.17) is 14.6 Å². The van der Waals surface area contributed by atoms with E-state index in [1.807, 2.05) is 0 Å². The highest BCUT2D eigenvalue weighted by molar-refractivity contribution is 4.59. The van der Waals surface area contributed by atoms with Crippen molar-refractivity contribution in [3.05, 3.63) is 0 Å². The van der Waals surface area contributed by atoms with Crippen LogP contribution in [0.15, 0.2) is 0 Å². The minimum absolute atomic E-state index is 0.0487. The molecule has 4 nitrogen and oxygen atoms in total. The lowest BCUT2D eigenvalue weighted by Crippen LogP contribution is -2.33. The molecule has 0 spiro atoms. The van der Waals surface area contributed by atoms with Crippen molar-refractivity contribution in [2.75, 3.05) is 40.6 Å². The van der Waals surface area contributed by atoms with E-state index in [1.54, 1.807) is 14.2 Å². The first kappa shape index (κ1) is 11.8. The van der Waals surface area contributed by atoms with Gasteiger partial charge in [-0.2, -0.15) is 0 Å². The molecule has 0 heterocycles. The summed E-state index contributed by atoms with van der Waals surface area (Å²) in [5.74, 6) is 0. The third kappa shape index (κ3) is 6.54. The van der Waals surface area contributed by atoms with E-state index in [1.165, 1.54) is 0 Å². The van der Waals surface area contributed by atoms with Gasteiger partial charge in [-0.3, -0.25) is 0 Å². The maximum absolute atomic E-state index is 8.76. The summed E-state index contributed by atoms with van der Waals surface area (Å²) in [5.41, 5.74) is 0. The zero-order valence-corrected chi connectivity index (χ0v) is 7.88. The minimum Gasteiger partial charge on any atom is -0.395 e. The number of hydrogen-bond acceptors (Lipinski definition) is 4. The number of hydrogen-bond donors (Lipinski definition) is 2. The van der Waals surface area contributed by atoms with Gasteiger partial charge < -0.3 is 19.9 Å². The van der Waals surface area contributed by atoms with Crippen LogP contribution in [0.5, 0.6) is 0 Å². The van der Waals surface area contributed by atoms with Crippen LogP contribution < -0.4 is 5.32 Å². The second kappa shape index (κ2) is 8.93. The first-order chi connectivity index (χ1) is 5.85. The summed E-state index contributed by atoms with van der Waals surface area (Å²) in [6.45, 7) is 2.08. The molecule has 12 heavy (non-hydrogen) atoms. The van der Waals surface area contributed by atoms with Crippen LogP contribution >= 0.6 is 0 Å². The molecule has 0 fully saturated rings. The van der Waals surface area contributed by atoms with Crippen molar-refractivity contribution in [1.82, 2.24) is 5.32 Å². The quantitative estimate of drug-likeness (QED) is 0.496. The first-order valence-electron chi connectivity index (χ1n) is 4.20. The lowest BCUT2D eigenvalue weighted by molar-refractivity contribution is 0.0744. The average molecular weight is 177 g/mol. The van der Waals surface area contributed by atoms with Crippen molar-refractivity contribution >= 4 is 0 Å². The monoisotopic (exact) mass is 177 g/mol. The van der Waals surface area contributed by atoms with Crippen LogP contribution in [0.4, 0.5) is 0 Å². The molecule has 0 aromatic carbocycles. The molecule has 0 aliphatic rings. The van der Waals surface area contributed by atoms with Crippen molar-refractivity contribution in [1.29, 1.82) is 0 Å². The van der Waals surface area contributed by atoms with Crippen LogP contribution in [0, 0.1) is 0 Å². The summed E-state index contributed by atoms with van der Waals surface area (Å²) in [4.78, 5) is 0. The van der Waals surface area contributed by atoms with Crippen molar-refractivity contribution in [3.8, 4) is 0 Å². The summed E-state index contributed by atoms with van der Waals surface area (Å²) in [7, 11) is 3.48. The van der Waals surface area contributed by atoms with Gasteiger partial charge in [0, 0.05) is 20.3 Å². The molecule has 0 bridgehead atoms. The van der Waals surface area contributed by atoms with E-state index < -0.39 is 0 Å². The molecular weight excluding hydrogens is 158 g/mol.